The smallest absolute Gasteiger partial charge is 0.318 e. The second-order valence-electron chi connectivity index (χ2n) is 4.19. The minimum absolute atomic E-state index is 0.0123. The molecule has 0 saturated carbocycles. The zero-order valence-corrected chi connectivity index (χ0v) is 11.7. The molecule has 0 aliphatic rings. The van der Waals surface area contributed by atoms with E-state index in [0.29, 0.717) is 11.7 Å². The molecule has 8 heteroatoms. The SMILES string of the molecule is C=CCn1cnnc1SC(C(=O)NC(N)=O)C(C)C. The molecule has 0 radical (unpaired) electrons. The summed E-state index contributed by atoms with van der Waals surface area (Å²) in [7, 11) is 0. The molecule has 104 valence electrons. The van der Waals surface area contributed by atoms with E-state index in [9.17, 15) is 9.59 Å². The second kappa shape index (κ2) is 6.93. The maximum atomic E-state index is 11.9. The van der Waals surface area contributed by atoms with Crippen LogP contribution in [-0.2, 0) is 11.3 Å². The quantitative estimate of drug-likeness (QED) is 0.593. The average Bonchev–Trinajstić information content (AvgIpc) is 2.72. The van der Waals surface area contributed by atoms with Crippen LogP contribution in [0.1, 0.15) is 13.8 Å². The Morgan fingerprint density at radius 3 is 2.84 bits per heavy atom. The second-order valence-corrected chi connectivity index (χ2v) is 5.30. The van der Waals surface area contributed by atoms with Gasteiger partial charge in [-0.1, -0.05) is 31.7 Å². The standard InChI is InChI=1S/C11H17N5O2S/c1-4-5-16-6-13-15-11(16)19-8(7(2)3)9(17)14-10(12)18/h4,6-8H,1,5H2,2-3H3,(H3,12,14,17,18). The van der Waals surface area contributed by atoms with Gasteiger partial charge in [0.1, 0.15) is 6.33 Å². The zero-order chi connectivity index (χ0) is 14.4. The van der Waals surface area contributed by atoms with E-state index < -0.39 is 17.2 Å². The lowest BCUT2D eigenvalue weighted by atomic mass is 10.1. The molecule has 3 amide bonds. The number of hydrogen-bond donors (Lipinski definition) is 2. The minimum atomic E-state index is -0.858. The van der Waals surface area contributed by atoms with E-state index in [0.717, 1.165) is 0 Å². The van der Waals surface area contributed by atoms with Crippen LogP contribution in [0.5, 0.6) is 0 Å². The number of thioether (sulfide) groups is 1. The Morgan fingerprint density at radius 1 is 1.63 bits per heavy atom. The van der Waals surface area contributed by atoms with Crippen LogP contribution in [0.3, 0.4) is 0 Å². The van der Waals surface area contributed by atoms with Gasteiger partial charge in [-0.25, -0.2) is 4.79 Å². The summed E-state index contributed by atoms with van der Waals surface area (Å²) in [6.45, 7) is 7.96. The topological polar surface area (TPSA) is 103 Å². The first-order chi connectivity index (χ1) is 8.95. The van der Waals surface area contributed by atoms with Crippen LogP contribution in [0.15, 0.2) is 24.1 Å². The highest BCUT2D eigenvalue weighted by Gasteiger charge is 2.26. The number of carbonyl (C=O) groups is 2. The molecule has 0 aromatic carbocycles. The normalized spacial score (nSPS) is 12.2. The number of aromatic nitrogens is 3. The van der Waals surface area contributed by atoms with Gasteiger partial charge in [0, 0.05) is 6.54 Å². The Labute approximate surface area is 115 Å². The summed E-state index contributed by atoms with van der Waals surface area (Å²) in [4.78, 5) is 22.6. The molecule has 0 aliphatic carbocycles. The van der Waals surface area contributed by atoms with Crippen molar-refractivity contribution >= 4 is 23.7 Å². The van der Waals surface area contributed by atoms with Crippen molar-refractivity contribution in [3.05, 3.63) is 19.0 Å². The number of carbonyl (C=O) groups excluding carboxylic acids is 2. The Kier molecular flexibility index (Phi) is 5.56. The van der Waals surface area contributed by atoms with Gasteiger partial charge >= 0.3 is 6.03 Å². The van der Waals surface area contributed by atoms with Crippen LogP contribution in [-0.4, -0.2) is 32.0 Å². The largest absolute Gasteiger partial charge is 0.351 e. The lowest BCUT2D eigenvalue weighted by Crippen LogP contribution is -2.42. The number of rotatable bonds is 6. The average molecular weight is 283 g/mol. The molecule has 3 N–H and O–H groups in total. The van der Waals surface area contributed by atoms with Crippen LogP contribution in [0, 0.1) is 5.92 Å². The van der Waals surface area contributed by atoms with Crippen molar-refractivity contribution in [3.63, 3.8) is 0 Å². The van der Waals surface area contributed by atoms with Gasteiger partial charge in [0.15, 0.2) is 5.16 Å². The third-order valence-electron chi connectivity index (χ3n) is 2.25. The van der Waals surface area contributed by atoms with E-state index in [2.05, 4.69) is 22.1 Å². The van der Waals surface area contributed by atoms with Crippen LogP contribution in [0.4, 0.5) is 4.79 Å². The van der Waals surface area contributed by atoms with E-state index in [1.54, 1.807) is 17.0 Å². The maximum Gasteiger partial charge on any atom is 0.318 e. The van der Waals surface area contributed by atoms with Gasteiger partial charge < -0.3 is 10.3 Å². The molecular formula is C11H17N5O2S. The van der Waals surface area contributed by atoms with E-state index in [1.165, 1.54) is 11.8 Å². The van der Waals surface area contributed by atoms with Crippen LogP contribution in [0.2, 0.25) is 0 Å². The number of nitrogens with one attached hydrogen (secondary N) is 1. The molecule has 7 nitrogen and oxygen atoms in total. The summed E-state index contributed by atoms with van der Waals surface area (Å²) >= 11 is 1.24. The first kappa shape index (κ1) is 15.2. The van der Waals surface area contributed by atoms with Crippen molar-refractivity contribution in [2.45, 2.75) is 30.8 Å². The Hall–Kier alpha value is -1.83. The van der Waals surface area contributed by atoms with Crippen molar-refractivity contribution < 1.29 is 9.59 Å². The predicted octanol–water partition coefficient (Wildman–Crippen LogP) is 0.776. The van der Waals surface area contributed by atoms with Gasteiger partial charge in [0.2, 0.25) is 5.91 Å². The van der Waals surface area contributed by atoms with Crippen LogP contribution < -0.4 is 11.1 Å². The number of imide groups is 1. The highest BCUT2D eigenvalue weighted by Crippen LogP contribution is 2.26. The summed E-state index contributed by atoms with van der Waals surface area (Å²) in [5, 5.41) is 9.96. The predicted molar refractivity (Wildman–Crippen MR) is 72.4 cm³/mol. The fourth-order valence-corrected chi connectivity index (χ4v) is 2.42. The van der Waals surface area contributed by atoms with Gasteiger partial charge in [-0.15, -0.1) is 16.8 Å². The lowest BCUT2D eigenvalue weighted by molar-refractivity contribution is -0.120. The Balaban J connectivity index is 2.83. The molecule has 1 rings (SSSR count). The van der Waals surface area contributed by atoms with E-state index in [4.69, 9.17) is 5.73 Å². The lowest BCUT2D eigenvalue weighted by Gasteiger charge is -2.18. The summed E-state index contributed by atoms with van der Waals surface area (Å²) in [6.07, 6.45) is 3.27. The molecule has 0 fully saturated rings. The molecule has 19 heavy (non-hydrogen) atoms. The summed E-state index contributed by atoms with van der Waals surface area (Å²) in [6, 6.07) is -0.858. The molecule has 1 aromatic rings. The number of nitrogens with zero attached hydrogens (tertiary/aromatic N) is 3. The minimum Gasteiger partial charge on any atom is -0.351 e. The van der Waals surface area contributed by atoms with Gasteiger partial charge in [0.05, 0.1) is 5.25 Å². The molecule has 0 spiro atoms. The Bertz CT molecular complexity index is 471. The maximum absolute atomic E-state index is 11.9. The van der Waals surface area contributed by atoms with Crippen molar-refractivity contribution in [2.24, 2.45) is 11.7 Å². The van der Waals surface area contributed by atoms with Gasteiger partial charge in [0.25, 0.3) is 0 Å². The number of amides is 3. The number of primary amides is 1. The molecule has 0 bridgehead atoms. The fourth-order valence-electron chi connectivity index (χ4n) is 1.40. The van der Waals surface area contributed by atoms with Gasteiger partial charge in [-0.3, -0.25) is 10.1 Å². The third-order valence-corrected chi connectivity index (χ3v) is 3.79. The monoisotopic (exact) mass is 283 g/mol. The van der Waals surface area contributed by atoms with E-state index >= 15 is 0 Å². The molecule has 1 atom stereocenters. The highest BCUT2D eigenvalue weighted by atomic mass is 32.2. The first-order valence-electron chi connectivity index (χ1n) is 5.71. The summed E-state index contributed by atoms with van der Waals surface area (Å²) < 4.78 is 1.77. The third kappa shape index (κ3) is 4.40. The zero-order valence-electron chi connectivity index (χ0n) is 10.9. The van der Waals surface area contributed by atoms with Gasteiger partial charge in [-0.05, 0) is 5.92 Å². The highest BCUT2D eigenvalue weighted by molar-refractivity contribution is 8.00. The molecule has 1 aromatic heterocycles. The summed E-state index contributed by atoms with van der Waals surface area (Å²) in [5.41, 5.74) is 4.96. The van der Waals surface area contributed by atoms with E-state index in [1.807, 2.05) is 13.8 Å². The number of urea groups is 1. The van der Waals surface area contributed by atoms with Crippen molar-refractivity contribution in [1.82, 2.24) is 20.1 Å². The number of hydrogen-bond acceptors (Lipinski definition) is 5. The first-order valence-corrected chi connectivity index (χ1v) is 6.59. The molecular weight excluding hydrogens is 266 g/mol. The van der Waals surface area contributed by atoms with Crippen molar-refractivity contribution in [3.8, 4) is 0 Å². The van der Waals surface area contributed by atoms with E-state index in [-0.39, 0.29) is 5.92 Å². The molecule has 0 aliphatic heterocycles. The number of nitrogens with two attached hydrogens (primary N) is 1. The molecule has 0 saturated heterocycles. The van der Waals surface area contributed by atoms with Crippen LogP contribution >= 0.6 is 11.8 Å². The Morgan fingerprint density at radius 2 is 2.32 bits per heavy atom. The summed E-state index contributed by atoms with van der Waals surface area (Å²) in [5.74, 6) is -0.418. The van der Waals surface area contributed by atoms with Gasteiger partial charge in [-0.2, -0.15) is 0 Å². The fraction of sp³-hybridized carbons (Fsp3) is 0.455. The molecule has 1 heterocycles. The van der Waals surface area contributed by atoms with Crippen LogP contribution in [0.25, 0.3) is 0 Å². The van der Waals surface area contributed by atoms with Crippen molar-refractivity contribution in [2.75, 3.05) is 0 Å². The number of allylic oxidation sites excluding steroid dienone is 1. The molecule has 1 unspecified atom stereocenters. The van der Waals surface area contributed by atoms with Crippen molar-refractivity contribution in [1.29, 1.82) is 0 Å².